The Morgan fingerprint density at radius 2 is 2.06 bits per heavy atom. The summed E-state index contributed by atoms with van der Waals surface area (Å²) in [5, 5.41) is 0. The van der Waals surface area contributed by atoms with Crippen LogP contribution in [0, 0.1) is 6.92 Å². The largest absolute Gasteiger partial charge is 0.399 e. The van der Waals surface area contributed by atoms with E-state index >= 15 is 0 Å². The zero-order valence-corrected chi connectivity index (χ0v) is 11.8. The summed E-state index contributed by atoms with van der Waals surface area (Å²) in [5.41, 5.74) is 7.55. The maximum absolute atomic E-state index is 12.1. The first-order valence-electron chi connectivity index (χ1n) is 6.63. The fourth-order valence-corrected chi connectivity index (χ4v) is 3.49. The lowest BCUT2D eigenvalue weighted by molar-refractivity contribution is 0.340. The lowest BCUT2D eigenvalue weighted by Crippen LogP contribution is -2.21. The number of hydrogen-bond donors (Lipinski definition) is 1. The summed E-state index contributed by atoms with van der Waals surface area (Å²) < 4.78 is 12.1. The van der Waals surface area contributed by atoms with Crippen molar-refractivity contribution in [1.82, 2.24) is 4.90 Å². The minimum absolute atomic E-state index is 0.750. The summed E-state index contributed by atoms with van der Waals surface area (Å²) in [4.78, 5) is 3.37. The molecule has 1 aromatic rings. The Labute approximate surface area is 112 Å². The molecule has 1 aromatic carbocycles. The molecule has 0 saturated carbocycles. The van der Waals surface area contributed by atoms with Gasteiger partial charge in [-0.1, -0.05) is 0 Å². The Morgan fingerprint density at radius 3 is 2.72 bits per heavy atom. The van der Waals surface area contributed by atoms with Crippen molar-refractivity contribution in [2.24, 2.45) is 0 Å². The third-order valence-electron chi connectivity index (χ3n) is 3.51. The van der Waals surface area contributed by atoms with Crippen LogP contribution in [0.2, 0.25) is 0 Å². The number of nitrogens with zero attached hydrogens (tertiary/aromatic N) is 1. The number of aryl methyl sites for hydroxylation is 1. The van der Waals surface area contributed by atoms with Gasteiger partial charge in [-0.25, -0.2) is 0 Å². The Balaban J connectivity index is 1.81. The molecule has 2 N–H and O–H groups in total. The van der Waals surface area contributed by atoms with E-state index in [4.69, 9.17) is 5.73 Å². The van der Waals surface area contributed by atoms with Gasteiger partial charge in [0.25, 0.3) is 0 Å². The maximum Gasteiger partial charge on any atom is 0.0530 e. The second kappa shape index (κ2) is 6.34. The highest BCUT2D eigenvalue weighted by Gasteiger charge is 2.12. The van der Waals surface area contributed by atoms with Crippen molar-refractivity contribution < 1.29 is 4.21 Å². The van der Waals surface area contributed by atoms with E-state index in [9.17, 15) is 4.21 Å². The fourth-order valence-electron chi connectivity index (χ4n) is 2.33. The topological polar surface area (TPSA) is 46.3 Å². The summed E-state index contributed by atoms with van der Waals surface area (Å²) in [6.45, 7) is 5.47. The molecule has 3 nitrogen and oxygen atoms in total. The highest BCUT2D eigenvalue weighted by molar-refractivity contribution is 7.85. The van der Waals surface area contributed by atoms with Crippen LogP contribution in [0.5, 0.6) is 0 Å². The van der Waals surface area contributed by atoms with Crippen LogP contribution in [0.25, 0.3) is 0 Å². The third-order valence-corrected chi connectivity index (χ3v) is 4.95. The van der Waals surface area contributed by atoms with E-state index in [1.54, 1.807) is 0 Å². The van der Waals surface area contributed by atoms with Gasteiger partial charge in [-0.2, -0.15) is 0 Å². The van der Waals surface area contributed by atoms with Crippen LogP contribution < -0.4 is 5.73 Å². The second-order valence-corrected chi connectivity index (χ2v) is 6.54. The first kappa shape index (κ1) is 13.6. The molecule has 0 aliphatic carbocycles. The van der Waals surface area contributed by atoms with Crippen LogP contribution in [0.4, 0.5) is 5.69 Å². The van der Waals surface area contributed by atoms with Gasteiger partial charge in [0.1, 0.15) is 0 Å². The van der Waals surface area contributed by atoms with Gasteiger partial charge >= 0.3 is 0 Å². The average molecular weight is 266 g/mol. The Morgan fingerprint density at radius 1 is 1.33 bits per heavy atom. The minimum atomic E-state index is -0.884. The molecule has 0 amide bonds. The van der Waals surface area contributed by atoms with Gasteiger partial charge in [0.15, 0.2) is 0 Å². The molecule has 0 radical (unpaired) electrons. The molecular weight excluding hydrogens is 244 g/mol. The van der Waals surface area contributed by atoms with E-state index in [2.05, 4.69) is 4.90 Å². The predicted octanol–water partition coefficient (Wildman–Crippen LogP) is 2.17. The standard InChI is InChI=1S/C14H22N2OS/c1-12-11-13(5-6-14(12)15)18(17)10-4-9-16-7-2-3-8-16/h5-6,11H,2-4,7-10,15H2,1H3. The molecule has 1 fully saturated rings. The van der Waals surface area contributed by atoms with E-state index in [0.29, 0.717) is 0 Å². The normalized spacial score (nSPS) is 18.1. The second-order valence-electron chi connectivity index (χ2n) is 4.97. The molecule has 1 aliphatic rings. The van der Waals surface area contributed by atoms with E-state index < -0.39 is 10.8 Å². The summed E-state index contributed by atoms with van der Waals surface area (Å²) in [7, 11) is -0.884. The lowest BCUT2D eigenvalue weighted by Gasteiger charge is -2.13. The van der Waals surface area contributed by atoms with Gasteiger partial charge in [0.2, 0.25) is 0 Å². The molecule has 2 rings (SSSR count). The molecular formula is C14H22N2OS. The number of likely N-dealkylation sites (tertiary alicyclic amines) is 1. The van der Waals surface area contributed by atoms with Gasteiger partial charge in [0.05, 0.1) is 10.8 Å². The third kappa shape index (κ3) is 3.56. The molecule has 1 unspecified atom stereocenters. The number of nitrogens with two attached hydrogens (primary N) is 1. The van der Waals surface area contributed by atoms with E-state index in [-0.39, 0.29) is 0 Å². The Bertz CT molecular complexity index is 428. The van der Waals surface area contributed by atoms with Crippen LogP contribution >= 0.6 is 0 Å². The van der Waals surface area contributed by atoms with Crippen molar-refractivity contribution in [3.8, 4) is 0 Å². The summed E-state index contributed by atoms with van der Waals surface area (Å²) in [6, 6.07) is 5.68. The van der Waals surface area contributed by atoms with Crippen molar-refractivity contribution in [2.45, 2.75) is 31.1 Å². The summed E-state index contributed by atoms with van der Waals surface area (Å²) >= 11 is 0. The summed E-state index contributed by atoms with van der Waals surface area (Å²) in [6.07, 6.45) is 3.65. The molecule has 1 aliphatic heterocycles. The smallest absolute Gasteiger partial charge is 0.0530 e. The first-order chi connectivity index (χ1) is 8.66. The summed E-state index contributed by atoms with van der Waals surface area (Å²) in [5.74, 6) is 0.750. The van der Waals surface area contributed by atoms with Crippen molar-refractivity contribution in [3.05, 3.63) is 23.8 Å². The Kier molecular flexibility index (Phi) is 4.78. The number of rotatable bonds is 5. The molecule has 1 saturated heterocycles. The lowest BCUT2D eigenvalue weighted by atomic mass is 10.2. The minimum Gasteiger partial charge on any atom is -0.399 e. The highest BCUT2D eigenvalue weighted by atomic mass is 32.2. The van der Waals surface area contributed by atoms with Crippen molar-refractivity contribution in [2.75, 3.05) is 31.1 Å². The van der Waals surface area contributed by atoms with Gasteiger partial charge < -0.3 is 10.6 Å². The highest BCUT2D eigenvalue weighted by Crippen LogP contribution is 2.16. The maximum atomic E-state index is 12.1. The predicted molar refractivity (Wildman–Crippen MR) is 77.2 cm³/mol. The quantitative estimate of drug-likeness (QED) is 0.831. The van der Waals surface area contributed by atoms with Gasteiger partial charge in [-0.05, 0) is 69.6 Å². The zero-order valence-electron chi connectivity index (χ0n) is 11.0. The molecule has 1 atom stereocenters. The molecule has 4 heteroatoms. The van der Waals surface area contributed by atoms with E-state index in [1.807, 2.05) is 25.1 Å². The average Bonchev–Trinajstić information content (AvgIpc) is 2.85. The van der Waals surface area contributed by atoms with Crippen LogP contribution in [-0.2, 0) is 10.8 Å². The number of hydrogen-bond acceptors (Lipinski definition) is 3. The van der Waals surface area contributed by atoms with E-state index in [1.165, 1.54) is 25.9 Å². The van der Waals surface area contributed by atoms with Crippen LogP contribution in [0.1, 0.15) is 24.8 Å². The fraction of sp³-hybridized carbons (Fsp3) is 0.571. The van der Waals surface area contributed by atoms with Gasteiger partial charge in [-0.3, -0.25) is 4.21 Å². The van der Waals surface area contributed by atoms with Gasteiger partial charge in [-0.15, -0.1) is 0 Å². The number of anilines is 1. The van der Waals surface area contributed by atoms with Crippen molar-refractivity contribution >= 4 is 16.5 Å². The van der Waals surface area contributed by atoms with Crippen LogP contribution in [0.15, 0.2) is 23.1 Å². The number of benzene rings is 1. The van der Waals surface area contributed by atoms with Crippen molar-refractivity contribution in [3.63, 3.8) is 0 Å². The van der Waals surface area contributed by atoms with Crippen molar-refractivity contribution in [1.29, 1.82) is 0 Å². The molecule has 0 spiro atoms. The van der Waals surface area contributed by atoms with Crippen LogP contribution in [-0.4, -0.2) is 34.5 Å². The Hall–Kier alpha value is -0.870. The first-order valence-corrected chi connectivity index (χ1v) is 7.95. The van der Waals surface area contributed by atoms with E-state index in [0.717, 1.165) is 34.9 Å². The zero-order chi connectivity index (χ0) is 13.0. The van der Waals surface area contributed by atoms with Gasteiger partial charge in [0, 0.05) is 16.3 Å². The monoisotopic (exact) mass is 266 g/mol. The molecule has 18 heavy (non-hydrogen) atoms. The molecule has 100 valence electrons. The van der Waals surface area contributed by atoms with Crippen LogP contribution in [0.3, 0.4) is 0 Å². The molecule has 1 heterocycles. The molecule has 0 bridgehead atoms. The molecule has 0 aromatic heterocycles. The number of nitrogen functional groups attached to an aromatic ring is 1. The SMILES string of the molecule is Cc1cc(S(=O)CCCN2CCCC2)ccc1N.